The van der Waals surface area contributed by atoms with E-state index in [9.17, 15) is 14.4 Å². The first kappa shape index (κ1) is 17.7. The second-order valence-corrected chi connectivity index (χ2v) is 6.51. The normalized spacial score (nSPS) is 15.5. The summed E-state index contributed by atoms with van der Waals surface area (Å²) in [6, 6.07) is 13.6. The van der Waals surface area contributed by atoms with Gasteiger partial charge in [-0.2, -0.15) is 0 Å². The number of cyclic esters (lactones) is 1. The highest BCUT2D eigenvalue weighted by Crippen LogP contribution is 2.22. The molecule has 7 nitrogen and oxygen atoms in total. The second kappa shape index (κ2) is 7.11. The van der Waals surface area contributed by atoms with Crippen molar-refractivity contribution in [3.05, 3.63) is 83.4 Å². The summed E-state index contributed by atoms with van der Waals surface area (Å²) in [7, 11) is 1.75. The molecule has 1 aromatic heterocycles. The lowest BCUT2D eigenvalue weighted by Gasteiger charge is -2.23. The highest BCUT2D eigenvalue weighted by atomic mass is 16.5. The van der Waals surface area contributed by atoms with Crippen LogP contribution >= 0.6 is 0 Å². The molecule has 140 valence electrons. The average molecular weight is 375 g/mol. The van der Waals surface area contributed by atoms with Crippen molar-refractivity contribution in [3.8, 4) is 0 Å². The van der Waals surface area contributed by atoms with E-state index in [2.05, 4.69) is 10.3 Å². The average Bonchev–Trinajstić information content (AvgIpc) is 3.14. The van der Waals surface area contributed by atoms with Crippen molar-refractivity contribution in [2.24, 2.45) is 7.05 Å². The van der Waals surface area contributed by atoms with Gasteiger partial charge in [0.2, 0.25) is 5.78 Å². The van der Waals surface area contributed by atoms with Gasteiger partial charge in [0.05, 0.1) is 5.56 Å². The number of nitrogens with zero attached hydrogens (tertiary/aromatic N) is 2. The van der Waals surface area contributed by atoms with E-state index in [1.807, 2.05) is 12.1 Å². The summed E-state index contributed by atoms with van der Waals surface area (Å²) in [6.07, 6.45) is 2.69. The number of ether oxygens (including phenoxy) is 1. The predicted octanol–water partition coefficient (Wildman–Crippen LogP) is 2.37. The molecule has 1 amide bonds. The van der Waals surface area contributed by atoms with Crippen LogP contribution in [0.15, 0.2) is 60.9 Å². The molecular formula is C21H17N3O4. The summed E-state index contributed by atoms with van der Waals surface area (Å²) < 4.78 is 6.90. The van der Waals surface area contributed by atoms with Gasteiger partial charge in [0.1, 0.15) is 0 Å². The fraction of sp³-hybridized carbons (Fsp3) is 0.143. The molecule has 0 aliphatic carbocycles. The van der Waals surface area contributed by atoms with Gasteiger partial charge in [0.15, 0.2) is 11.9 Å². The quantitative estimate of drug-likeness (QED) is 0.558. The number of esters is 1. The Labute approximate surface area is 161 Å². The largest absolute Gasteiger partial charge is 0.448 e. The van der Waals surface area contributed by atoms with Gasteiger partial charge in [0, 0.05) is 37.1 Å². The zero-order chi connectivity index (χ0) is 19.7. The van der Waals surface area contributed by atoms with Crippen LogP contribution in [0.25, 0.3) is 0 Å². The molecule has 1 N–H and O–H groups in total. The van der Waals surface area contributed by atoms with E-state index in [4.69, 9.17) is 4.74 Å². The molecule has 4 rings (SSSR count). The molecule has 1 atom stereocenters. The van der Waals surface area contributed by atoms with Crippen LogP contribution in [0.1, 0.15) is 32.1 Å². The molecule has 0 saturated heterocycles. The van der Waals surface area contributed by atoms with E-state index in [1.165, 1.54) is 0 Å². The molecule has 0 spiro atoms. The van der Waals surface area contributed by atoms with E-state index in [1.54, 1.807) is 60.4 Å². The highest BCUT2D eigenvalue weighted by molar-refractivity contribution is 6.07. The maximum absolute atomic E-state index is 12.5. The first-order valence-corrected chi connectivity index (χ1v) is 8.75. The molecule has 0 radical (unpaired) electrons. The Kier molecular flexibility index (Phi) is 4.49. The Balaban J connectivity index is 1.45. The third kappa shape index (κ3) is 3.29. The Morgan fingerprint density at radius 1 is 1.14 bits per heavy atom. The highest BCUT2D eigenvalue weighted by Gasteiger charge is 2.31. The summed E-state index contributed by atoms with van der Waals surface area (Å²) >= 11 is 0. The van der Waals surface area contributed by atoms with Crippen LogP contribution < -0.4 is 5.32 Å². The van der Waals surface area contributed by atoms with Crippen molar-refractivity contribution in [1.82, 2.24) is 9.55 Å². The van der Waals surface area contributed by atoms with Crippen molar-refractivity contribution in [2.45, 2.75) is 12.5 Å². The molecule has 2 heterocycles. The fourth-order valence-corrected chi connectivity index (χ4v) is 3.12. The Morgan fingerprint density at radius 3 is 2.61 bits per heavy atom. The SMILES string of the molecule is Cn1ccnc1C(=O)c1ccc(NC(=O)C2Cc3ccccc3C(=O)O2)cc1. The standard InChI is InChI=1S/C21H17N3O4/c1-24-11-10-22-19(24)18(25)13-6-8-15(9-7-13)23-20(26)17-12-14-4-2-3-5-16(14)21(27)28-17/h2-11,17H,12H2,1H3,(H,23,26). The number of amides is 1. The Morgan fingerprint density at radius 2 is 1.89 bits per heavy atom. The minimum atomic E-state index is -0.892. The van der Waals surface area contributed by atoms with Gasteiger partial charge in [0.25, 0.3) is 5.91 Å². The number of ketones is 1. The first-order valence-electron chi connectivity index (χ1n) is 8.75. The number of nitrogens with one attached hydrogen (secondary N) is 1. The van der Waals surface area contributed by atoms with Gasteiger partial charge in [-0.25, -0.2) is 9.78 Å². The van der Waals surface area contributed by atoms with Crippen molar-refractivity contribution in [1.29, 1.82) is 0 Å². The number of rotatable bonds is 4. The number of carbonyl (C=O) groups excluding carboxylic acids is 3. The van der Waals surface area contributed by atoms with E-state index < -0.39 is 18.0 Å². The summed E-state index contributed by atoms with van der Waals surface area (Å²) in [6.45, 7) is 0. The number of aryl methyl sites for hydroxylation is 1. The smallest absolute Gasteiger partial charge is 0.339 e. The molecule has 1 aliphatic rings. The minimum absolute atomic E-state index is 0.205. The number of hydrogen-bond acceptors (Lipinski definition) is 5. The van der Waals surface area contributed by atoms with Crippen LogP contribution in [0.3, 0.4) is 0 Å². The summed E-state index contributed by atoms with van der Waals surface area (Å²) in [5.74, 6) is -0.781. The van der Waals surface area contributed by atoms with Gasteiger partial charge in [-0.3, -0.25) is 9.59 Å². The third-order valence-corrected chi connectivity index (χ3v) is 4.62. The fourth-order valence-electron chi connectivity index (χ4n) is 3.12. The Hall–Kier alpha value is -3.74. The van der Waals surface area contributed by atoms with E-state index in [0.29, 0.717) is 29.1 Å². The van der Waals surface area contributed by atoms with Crippen LogP contribution in [0.4, 0.5) is 5.69 Å². The van der Waals surface area contributed by atoms with Crippen LogP contribution in [0.2, 0.25) is 0 Å². The lowest BCUT2D eigenvalue weighted by molar-refractivity contribution is -0.125. The van der Waals surface area contributed by atoms with Gasteiger partial charge in [-0.1, -0.05) is 18.2 Å². The number of anilines is 1. The van der Waals surface area contributed by atoms with Gasteiger partial charge in [-0.05, 0) is 35.9 Å². The number of aromatic nitrogens is 2. The lowest BCUT2D eigenvalue weighted by Crippen LogP contribution is -2.37. The van der Waals surface area contributed by atoms with E-state index in [-0.39, 0.29) is 5.78 Å². The van der Waals surface area contributed by atoms with Crippen LogP contribution in [-0.4, -0.2) is 33.3 Å². The maximum atomic E-state index is 12.5. The number of carbonyl (C=O) groups is 3. The molecule has 1 aliphatic heterocycles. The van der Waals surface area contributed by atoms with Crippen LogP contribution in [-0.2, 0) is 23.0 Å². The summed E-state index contributed by atoms with van der Waals surface area (Å²) in [5.41, 5.74) is 2.25. The number of fused-ring (bicyclic) bond motifs is 1. The minimum Gasteiger partial charge on any atom is -0.448 e. The van der Waals surface area contributed by atoms with Crippen LogP contribution in [0, 0.1) is 0 Å². The van der Waals surface area contributed by atoms with Gasteiger partial charge >= 0.3 is 5.97 Å². The zero-order valence-electron chi connectivity index (χ0n) is 15.1. The van der Waals surface area contributed by atoms with Crippen molar-refractivity contribution < 1.29 is 19.1 Å². The predicted molar refractivity (Wildman–Crippen MR) is 101 cm³/mol. The number of hydrogen-bond donors (Lipinski definition) is 1. The zero-order valence-corrected chi connectivity index (χ0v) is 15.1. The molecular weight excluding hydrogens is 358 g/mol. The summed E-state index contributed by atoms with van der Waals surface area (Å²) in [4.78, 5) is 41.0. The first-order chi connectivity index (χ1) is 13.5. The van der Waals surface area contributed by atoms with Gasteiger partial charge in [-0.15, -0.1) is 0 Å². The second-order valence-electron chi connectivity index (χ2n) is 6.51. The van der Waals surface area contributed by atoms with Crippen molar-refractivity contribution >= 4 is 23.3 Å². The molecule has 3 aromatic rings. The van der Waals surface area contributed by atoms with Gasteiger partial charge < -0.3 is 14.6 Å². The topological polar surface area (TPSA) is 90.3 Å². The monoisotopic (exact) mass is 375 g/mol. The number of benzene rings is 2. The van der Waals surface area contributed by atoms with E-state index in [0.717, 1.165) is 5.56 Å². The molecule has 1 unspecified atom stereocenters. The van der Waals surface area contributed by atoms with Crippen molar-refractivity contribution in [2.75, 3.05) is 5.32 Å². The third-order valence-electron chi connectivity index (χ3n) is 4.62. The molecule has 0 bridgehead atoms. The Bertz CT molecular complexity index is 1070. The van der Waals surface area contributed by atoms with Crippen LogP contribution in [0.5, 0.6) is 0 Å². The number of imidazole rings is 1. The molecule has 0 fully saturated rings. The lowest BCUT2D eigenvalue weighted by atomic mass is 9.98. The summed E-state index contributed by atoms with van der Waals surface area (Å²) in [5, 5.41) is 2.73. The molecule has 28 heavy (non-hydrogen) atoms. The van der Waals surface area contributed by atoms with E-state index >= 15 is 0 Å². The maximum Gasteiger partial charge on any atom is 0.339 e. The molecule has 7 heteroatoms. The molecule has 0 saturated carbocycles. The van der Waals surface area contributed by atoms with Crippen molar-refractivity contribution in [3.63, 3.8) is 0 Å². The molecule has 2 aromatic carbocycles.